The van der Waals surface area contributed by atoms with Crippen LogP contribution in [-0.2, 0) is 9.59 Å². The molecule has 1 aromatic rings. The summed E-state index contributed by atoms with van der Waals surface area (Å²) < 4.78 is 0. The van der Waals surface area contributed by atoms with Gasteiger partial charge in [0.1, 0.15) is 0 Å². The van der Waals surface area contributed by atoms with Crippen molar-refractivity contribution in [2.75, 3.05) is 13.6 Å². The van der Waals surface area contributed by atoms with Gasteiger partial charge in [-0.25, -0.2) is 0 Å². The number of thiophene rings is 1. The third-order valence-electron chi connectivity index (χ3n) is 3.38. The van der Waals surface area contributed by atoms with Crippen LogP contribution in [0, 0.1) is 12.8 Å². The van der Waals surface area contributed by atoms with Crippen molar-refractivity contribution in [2.45, 2.75) is 25.7 Å². The molecule has 1 aliphatic rings. The molecule has 2 rings (SSSR count). The van der Waals surface area contributed by atoms with Crippen LogP contribution in [0.1, 0.15) is 29.2 Å². The highest BCUT2D eigenvalue weighted by molar-refractivity contribution is 7.10. The van der Waals surface area contributed by atoms with Crippen LogP contribution in [0.25, 0.3) is 0 Å². The minimum absolute atomic E-state index is 0.0116. The SMILES string of the molecule is Cc1ccsc1[C@H]1C[C@H]1C(=O)N(C)CCC(=O)O. The van der Waals surface area contributed by atoms with Crippen LogP contribution in [0.5, 0.6) is 0 Å². The van der Waals surface area contributed by atoms with Crippen molar-refractivity contribution in [3.63, 3.8) is 0 Å². The molecule has 0 spiro atoms. The van der Waals surface area contributed by atoms with Gasteiger partial charge in [0.25, 0.3) is 0 Å². The predicted octanol–water partition coefficient (Wildman–Crippen LogP) is 2.09. The molecule has 4 nitrogen and oxygen atoms in total. The van der Waals surface area contributed by atoms with Crippen LogP contribution in [0.4, 0.5) is 0 Å². The fourth-order valence-electron chi connectivity index (χ4n) is 2.18. The Labute approximate surface area is 110 Å². The molecule has 98 valence electrons. The van der Waals surface area contributed by atoms with Crippen LogP contribution in [-0.4, -0.2) is 35.5 Å². The number of amides is 1. The second-order valence-electron chi connectivity index (χ2n) is 4.82. The molecule has 1 aromatic heterocycles. The molecule has 0 unspecified atom stereocenters. The smallest absolute Gasteiger partial charge is 0.305 e. The molecule has 5 heteroatoms. The van der Waals surface area contributed by atoms with Gasteiger partial charge in [-0.3, -0.25) is 9.59 Å². The van der Waals surface area contributed by atoms with E-state index in [1.54, 1.807) is 23.3 Å². The minimum Gasteiger partial charge on any atom is -0.481 e. The van der Waals surface area contributed by atoms with Crippen molar-refractivity contribution >= 4 is 23.2 Å². The zero-order valence-corrected chi connectivity index (χ0v) is 11.4. The maximum Gasteiger partial charge on any atom is 0.305 e. The first kappa shape index (κ1) is 13.1. The average molecular weight is 267 g/mol. The largest absolute Gasteiger partial charge is 0.481 e. The highest BCUT2D eigenvalue weighted by atomic mass is 32.1. The number of carbonyl (C=O) groups excluding carboxylic acids is 1. The molecular weight excluding hydrogens is 250 g/mol. The first-order chi connectivity index (χ1) is 8.50. The van der Waals surface area contributed by atoms with Crippen LogP contribution in [0.3, 0.4) is 0 Å². The van der Waals surface area contributed by atoms with E-state index in [-0.39, 0.29) is 18.2 Å². The Morgan fingerprint density at radius 3 is 2.83 bits per heavy atom. The summed E-state index contributed by atoms with van der Waals surface area (Å²) in [6.07, 6.45) is 0.912. The second-order valence-corrected chi connectivity index (χ2v) is 5.77. The Morgan fingerprint density at radius 1 is 1.56 bits per heavy atom. The summed E-state index contributed by atoms with van der Waals surface area (Å²) in [5, 5.41) is 10.7. The van der Waals surface area contributed by atoms with Gasteiger partial charge in [-0.05, 0) is 30.4 Å². The topological polar surface area (TPSA) is 57.6 Å². The van der Waals surface area contributed by atoms with E-state index in [2.05, 4.69) is 18.4 Å². The normalized spacial score (nSPS) is 21.7. The highest BCUT2D eigenvalue weighted by Gasteiger charge is 2.46. The lowest BCUT2D eigenvalue weighted by molar-refractivity contribution is -0.138. The van der Waals surface area contributed by atoms with Gasteiger partial charge in [-0.1, -0.05) is 0 Å². The number of aryl methyl sites for hydroxylation is 1. The predicted molar refractivity (Wildman–Crippen MR) is 69.8 cm³/mol. The molecule has 2 atom stereocenters. The maximum absolute atomic E-state index is 12.1. The lowest BCUT2D eigenvalue weighted by atomic mass is 10.2. The summed E-state index contributed by atoms with van der Waals surface area (Å²) in [4.78, 5) is 25.4. The van der Waals surface area contributed by atoms with Crippen LogP contribution in [0.15, 0.2) is 11.4 Å². The van der Waals surface area contributed by atoms with Crippen LogP contribution < -0.4 is 0 Å². The van der Waals surface area contributed by atoms with E-state index in [1.165, 1.54) is 10.4 Å². The molecule has 1 saturated carbocycles. The maximum atomic E-state index is 12.1. The summed E-state index contributed by atoms with van der Waals surface area (Å²) in [6, 6.07) is 2.08. The van der Waals surface area contributed by atoms with E-state index in [1.807, 2.05) is 0 Å². The standard InChI is InChI=1S/C13H17NO3S/c1-8-4-6-18-12(8)9-7-10(9)13(17)14(2)5-3-11(15)16/h4,6,9-10H,3,5,7H2,1-2H3,(H,15,16)/t9-,10+/m0/s1. The van der Waals surface area contributed by atoms with E-state index in [0.29, 0.717) is 12.5 Å². The van der Waals surface area contributed by atoms with Crippen LogP contribution in [0.2, 0.25) is 0 Å². The summed E-state index contributed by atoms with van der Waals surface area (Å²) in [5.74, 6) is -0.379. The Hall–Kier alpha value is -1.36. The Morgan fingerprint density at radius 2 is 2.28 bits per heavy atom. The van der Waals surface area contributed by atoms with Gasteiger partial charge in [0.2, 0.25) is 5.91 Å². The van der Waals surface area contributed by atoms with Crippen molar-refractivity contribution in [1.29, 1.82) is 0 Å². The number of carbonyl (C=O) groups is 2. The summed E-state index contributed by atoms with van der Waals surface area (Å²) in [7, 11) is 1.68. The fraction of sp³-hybridized carbons (Fsp3) is 0.538. The molecule has 18 heavy (non-hydrogen) atoms. The molecular formula is C13H17NO3S. The van der Waals surface area contributed by atoms with Gasteiger partial charge in [-0.2, -0.15) is 0 Å². The zero-order chi connectivity index (χ0) is 13.3. The molecule has 0 radical (unpaired) electrons. The summed E-state index contributed by atoms with van der Waals surface area (Å²) in [5.41, 5.74) is 1.26. The van der Waals surface area contributed by atoms with E-state index in [9.17, 15) is 9.59 Å². The third kappa shape index (κ3) is 2.72. The first-order valence-corrected chi connectivity index (χ1v) is 6.89. The fourth-order valence-corrected chi connectivity index (χ4v) is 3.29. The Bertz CT molecular complexity index is 469. The number of hydrogen-bond donors (Lipinski definition) is 1. The van der Waals surface area contributed by atoms with Crippen molar-refractivity contribution < 1.29 is 14.7 Å². The second kappa shape index (κ2) is 5.10. The first-order valence-electron chi connectivity index (χ1n) is 6.01. The number of aliphatic carboxylic acids is 1. The van der Waals surface area contributed by atoms with Gasteiger partial charge < -0.3 is 10.0 Å². The molecule has 1 amide bonds. The monoisotopic (exact) mass is 267 g/mol. The summed E-state index contributed by atoms with van der Waals surface area (Å²) in [6.45, 7) is 2.36. The number of hydrogen-bond acceptors (Lipinski definition) is 3. The van der Waals surface area contributed by atoms with Gasteiger partial charge in [0, 0.05) is 30.3 Å². The average Bonchev–Trinajstić information content (AvgIpc) is 3.00. The lowest BCUT2D eigenvalue weighted by Crippen LogP contribution is -2.30. The van der Waals surface area contributed by atoms with E-state index in [0.717, 1.165) is 6.42 Å². The highest BCUT2D eigenvalue weighted by Crippen LogP contribution is 2.51. The van der Waals surface area contributed by atoms with Crippen molar-refractivity contribution in [3.8, 4) is 0 Å². The Kier molecular flexibility index (Phi) is 3.71. The number of rotatable bonds is 5. The third-order valence-corrected chi connectivity index (χ3v) is 4.53. The van der Waals surface area contributed by atoms with Crippen molar-refractivity contribution in [1.82, 2.24) is 4.90 Å². The van der Waals surface area contributed by atoms with Crippen molar-refractivity contribution in [2.24, 2.45) is 5.92 Å². The number of carboxylic acids is 1. The lowest BCUT2D eigenvalue weighted by Gasteiger charge is -2.15. The molecule has 0 bridgehead atoms. The van der Waals surface area contributed by atoms with Gasteiger partial charge in [-0.15, -0.1) is 11.3 Å². The molecule has 0 aliphatic heterocycles. The van der Waals surface area contributed by atoms with E-state index in [4.69, 9.17) is 5.11 Å². The van der Waals surface area contributed by atoms with Gasteiger partial charge in [0.05, 0.1) is 6.42 Å². The quantitative estimate of drug-likeness (QED) is 0.888. The molecule has 1 N–H and O–H groups in total. The summed E-state index contributed by atoms with van der Waals surface area (Å²) >= 11 is 1.71. The molecule has 1 aliphatic carbocycles. The molecule has 1 fully saturated rings. The van der Waals surface area contributed by atoms with Gasteiger partial charge in [0.15, 0.2) is 0 Å². The molecule has 0 aromatic carbocycles. The van der Waals surface area contributed by atoms with E-state index >= 15 is 0 Å². The zero-order valence-electron chi connectivity index (χ0n) is 10.5. The van der Waals surface area contributed by atoms with E-state index < -0.39 is 5.97 Å². The molecule has 0 saturated heterocycles. The van der Waals surface area contributed by atoms with Crippen molar-refractivity contribution in [3.05, 3.63) is 21.9 Å². The van der Waals surface area contributed by atoms with Gasteiger partial charge >= 0.3 is 5.97 Å². The number of nitrogens with zero attached hydrogens (tertiary/aromatic N) is 1. The molecule has 1 heterocycles. The Balaban J connectivity index is 1.89. The minimum atomic E-state index is -0.865. The van der Waals surface area contributed by atoms with Crippen LogP contribution >= 0.6 is 11.3 Å². The number of carboxylic acid groups (broad SMARTS) is 1.